The number of benzene rings is 2. The minimum Gasteiger partial charge on any atom is -0.370 e. The highest BCUT2D eigenvalue weighted by molar-refractivity contribution is 6.30. The maximum absolute atomic E-state index is 9.15. The third-order valence-corrected chi connectivity index (χ3v) is 5.76. The largest absolute Gasteiger partial charge is 0.370 e. The van der Waals surface area contributed by atoms with Crippen molar-refractivity contribution < 1.29 is 0 Å². The van der Waals surface area contributed by atoms with Gasteiger partial charge in [0.25, 0.3) is 0 Å². The summed E-state index contributed by atoms with van der Waals surface area (Å²) in [5.74, 6) is 0.970. The van der Waals surface area contributed by atoms with E-state index in [0.717, 1.165) is 36.4 Å². The summed E-state index contributed by atoms with van der Waals surface area (Å²) in [6, 6.07) is 16.3. The van der Waals surface area contributed by atoms with Crippen LogP contribution >= 0.6 is 11.6 Å². The first-order chi connectivity index (χ1) is 13.7. The average Bonchev–Trinajstić information content (AvgIpc) is 3.14. The number of hydrogen-bond acceptors (Lipinski definition) is 3. The molecule has 0 spiro atoms. The van der Waals surface area contributed by atoms with Gasteiger partial charge in [-0.3, -0.25) is 0 Å². The number of nitrogens with zero attached hydrogens (tertiary/aromatic N) is 2. The highest BCUT2D eigenvalue weighted by Gasteiger charge is 2.20. The van der Waals surface area contributed by atoms with Crippen LogP contribution in [0.5, 0.6) is 0 Å². The van der Waals surface area contributed by atoms with E-state index in [0.29, 0.717) is 17.4 Å². The van der Waals surface area contributed by atoms with Gasteiger partial charge in [-0.2, -0.15) is 5.26 Å². The lowest BCUT2D eigenvalue weighted by Crippen LogP contribution is -2.35. The maximum Gasteiger partial charge on any atom is 0.0991 e. The van der Waals surface area contributed by atoms with E-state index in [4.69, 9.17) is 16.9 Å². The van der Waals surface area contributed by atoms with E-state index < -0.39 is 0 Å². The first-order valence-electron chi connectivity index (χ1n) is 9.83. The predicted molar refractivity (Wildman–Crippen MR) is 117 cm³/mol. The van der Waals surface area contributed by atoms with E-state index >= 15 is 0 Å². The molecule has 2 aromatic rings. The van der Waals surface area contributed by atoms with Gasteiger partial charge in [0, 0.05) is 29.7 Å². The molecule has 1 aliphatic heterocycles. The fourth-order valence-electron chi connectivity index (χ4n) is 4.02. The van der Waals surface area contributed by atoms with Crippen molar-refractivity contribution in [2.75, 3.05) is 31.1 Å². The molecule has 2 unspecified atom stereocenters. The number of hydrogen-bond donors (Lipinski definition) is 1. The first kappa shape index (κ1) is 18.8. The molecule has 1 saturated heterocycles. The van der Waals surface area contributed by atoms with Crippen molar-refractivity contribution in [2.24, 2.45) is 11.8 Å². The molecular weight excluding hydrogens is 366 g/mol. The Morgan fingerprint density at radius 2 is 1.96 bits per heavy atom. The summed E-state index contributed by atoms with van der Waals surface area (Å²) >= 11 is 6.11. The Labute approximate surface area is 171 Å². The van der Waals surface area contributed by atoms with Crippen molar-refractivity contribution in [1.82, 2.24) is 5.32 Å². The van der Waals surface area contributed by atoms with Gasteiger partial charge in [-0.15, -0.1) is 0 Å². The van der Waals surface area contributed by atoms with E-state index in [9.17, 15) is 0 Å². The summed E-state index contributed by atoms with van der Waals surface area (Å²) in [7, 11) is 0. The third kappa shape index (κ3) is 4.47. The number of allylic oxidation sites excluding steroid dienone is 1. The summed E-state index contributed by atoms with van der Waals surface area (Å²) in [6.07, 6.45) is 10.0. The second kappa shape index (κ2) is 8.65. The lowest BCUT2D eigenvalue weighted by atomic mass is 10.0. The minimum absolute atomic E-state index is 0.301. The summed E-state index contributed by atoms with van der Waals surface area (Å²) in [6.45, 7) is 4.15. The normalized spacial score (nSPS) is 20.4. The summed E-state index contributed by atoms with van der Waals surface area (Å²) < 4.78 is 0. The van der Waals surface area contributed by atoms with Crippen molar-refractivity contribution in [3.63, 3.8) is 0 Å². The van der Waals surface area contributed by atoms with Gasteiger partial charge in [-0.1, -0.05) is 42.0 Å². The monoisotopic (exact) mass is 389 g/mol. The second-order valence-electron chi connectivity index (χ2n) is 7.58. The maximum atomic E-state index is 9.15. The van der Waals surface area contributed by atoms with E-state index in [1.54, 1.807) is 0 Å². The van der Waals surface area contributed by atoms with Gasteiger partial charge < -0.3 is 10.2 Å². The molecule has 4 heteroatoms. The van der Waals surface area contributed by atoms with Gasteiger partial charge in [0.05, 0.1) is 11.6 Å². The van der Waals surface area contributed by atoms with Gasteiger partial charge in [-0.05, 0) is 72.3 Å². The molecular formula is C24H24ClN3. The molecule has 0 amide bonds. The predicted octanol–water partition coefficient (Wildman–Crippen LogP) is 3.07. The van der Waals surface area contributed by atoms with Crippen molar-refractivity contribution >= 4 is 29.4 Å². The van der Waals surface area contributed by atoms with E-state index in [-0.39, 0.29) is 0 Å². The smallest absolute Gasteiger partial charge is 0.0991 e. The molecule has 0 radical (unpaired) electrons. The number of fused-ring (bicyclic) bond motifs is 1. The van der Waals surface area contributed by atoms with Crippen LogP contribution in [0.1, 0.15) is 12.0 Å². The van der Waals surface area contributed by atoms with Crippen molar-refractivity contribution in [3.05, 3.63) is 75.6 Å². The molecule has 1 heterocycles. The second-order valence-corrected chi connectivity index (χ2v) is 8.01. The zero-order valence-electron chi connectivity index (χ0n) is 15.8. The van der Waals surface area contributed by atoms with Gasteiger partial charge in [0.15, 0.2) is 0 Å². The highest BCUT2D eigenvalue weighted by atomic mass is 35.5. The Bertz CT molecular complexity index is 1010. The van der Waals surface area contributed by atoms with Crippen LogP contribution in [-0.4, -0.2) is 26.2 Å². The van der Waals surface area contributed by atoms with Gasteiger partial charge in [0.2, 0.25) is 0 Å². The molecule has 3 nitrogen and oxygen atoms in total. The summed E-state index contributed by atoms with van der Waals surface area (Å²) in [5, 5.41) is 15.7. The molecule has 4 rings (SSSR count). The topological polar surface area (TPSA) is 39.1 Å². The van der Waals surface area contributed by atoms with Crippen LogP contribution in [0.2, 0.25) is 5.02 Å². The Morgan fingerprint density at radius 1 is 1.11 bits per heavy atom. The molecule has 1 aliphatic carbocycles. The fourth-order valence-corrected chi connectivity index (χ4v) is 4.14. The van der Waals surface area contributed by atoms with Crippen LogP contribution in [0.4, 0.5) is 5.69 Å². The summed E-state index contributed by atoms with van der Waals surface area (Å²) in [5.41, 5.74) is 1.91. The fraction of sp³-hybridized carbons (Fsp3) is 0.292. The Balaban J connectivity index is 1.60. The zero-order valence-corrected chi connectivity index (χ0v) is 16.6. The number of nitriles is 1. The van der Waals surface area contributed by atoms with E-state index in [1.165, 1.54) is 17.3 Å². The van der Waals surface area contributed by atoms with Crippen molar-refractivity contribution in [2.45, 2.75) is 6.42 Å². The first-order valence-corrected chi connectivity index (χ1v) is 10.2. The van der Waals surface area contributed by atoms with Gasteiger partial charge in [-0.25, -0.2) is 0 Å². The lowest BCUT2D eigenvalue weighted by Gasteiger charge is -2.30. The highest BCUT2D eigenvalue weighted by Crippen LogP contribution is 2.23. The Morgan fingerprint density at radius 3 is 2.71 bits per heavy atom. The molecule has 142 valence electrons. The molecule has 2 atom stereocenters. The number of nitrogens with one attached hydrogen (secondary N) is 1. The average molecular weight is 390 g/mol. The molecule has 1 N–H and O–H groups in total. The van der Waals surface area contributed by atoms with E-state index in [1.807, 2.05) is 24.3 Å². The summed E-state index contributed by atoms with van der Waals surface area (Å²) in [4.78, 5) is 2.48. The van der Waals surface area contributed by atoms with Crippen molar-refractivity contribution in [1.29, 1.82) is 5.26 Å². The van der Waals surface area contributed by atoms with Crippen LogP contribution in [0, 0.1) is 23.2 Å². The standard InChI is InChI=1S/C24H24ClN3/c25-23-6-8-24(9-7-23)28(17-20-10-11-27-15-20)16-19-2-1-3-21-12-18(14-26)4-5-22(21)13-19/h1-9,12-13,19-20,27H,10-11,15-17H2. The number of anilines is 1. The number of halogens is 1. The van der Waals surface area contributed by atoms with Crippen LogP contribution in [0.25, 0.3) is 12.2 Å². The molecule has 0 saturated carbocycles. The van der Waals surface area contributed by atoms with Gasteiger partial charge >= 0.3 is 0 Å². The van der Waals surface area contributed by atoms with Gasteiger partial charge in [0.1, 0.15) is 0 Å². The molecule has 2 aliphatic rings. The SMILES string of the molecule is N#Cc1ccc2c(c1)=CC=CC(CN(CC1CCNC1)c1ccc(Cl)cc1)C=2. The molecule has 28 heavy (non-hydrogen) atoms. The van der Waals surface area contributed by atoms with E-state index in [2.05, 4.69) is 58.8 Å². The van der Waals surface area contributed by atoms with Crippen LogP contribution in [0.15, 0.2) is 54.6 Å². The zero-order chi connectivity index (χ0) is 19.3. The quantitative estimate of drug-likeness (QED) is 0.854. The Kier molecular flexibility index (Phi) is 5.81. The van der Waals surface area contributed by atoms with Crippen molar-refractivity contribution in [3.8, 4) is 6.07 Å². The number of rotatable bonds is 5. The van der Waals surface area contributed by atoms with Crippen LogP contribution < -0.4 is 20.7 Å². The van der Waals surface area contributed by atoms with Crippen LogP contribution in [0.3, 0.4) is 0 Å². The minimum atomic E-state index is 0.301. The molecule has 1 fully saturated rings. The Hall–Kier alpha value is -2.54. The molecule has 0 aromatic heterocycles. The third-order valence-electron chi connectivity index (χ3n) is 5.51. The molecule has 2 aromatic carbocycles. The molecule has 0 bridgehead atoms. The lowest BCUT2D eigenvalue weighted by molar-refractivity contribution is 0.551. The van der Waals surface area contributed by atoms with Crippen LogP contribution in [-0.2, 0) is 0 Å².